The number of nitrogens with one attached hydrogen (secondary N) is 1. The summed E-state index contributed by atoms with van der Waals surface area (Å²) < 4.78 is 0. The summed E-state index contributed by atoms with van der Waals surface area (Å²) in [6.45, 7) is 5.35. The maximum absolute atomic E-state index is 11.9. The maximum Gasteiger partial charge on any atom is 0.225 e. The van der Waals surface area contributed by atoms with E-state index in [1.54, 1.807) is 12.1 Å². The molecule has 1 aliphatic rings. The first-order chi connectivity index (χ1) is 9.51. The lowest BCUT2D eigenvalue weighted by Crippen LogP contribution is -2.34. The minimum absolute atomic E-state index is 0.0399. The Morgan fingerprint density at radius 1 is 1.55 bits per heavy atom. The second-order valence-corrected chi connectivity index (χ2v) is 5.78. The molecular formula is C15H18ClN3O. The SMILES string of the molecule is CC(C)C(=O)N1CCC(Nc2ccc(C#N)c(Cl)c2)C1. The standard InChI is InChI=1S/C15H18ClN3O/c1-10(2)15(20)19-6-5-13(9-19)18-12-4-3-11(8-17)14(16)7-12/h3-4,7,10,13,18H,5-6,9H2,1-2H3. The predicted molar refractivity (Wildman–Crippen MR) is 79.6 cm³/mol. The third-order valence-corrected chi connectivity index (χ3v) is 3.77. The zero-order valence-corrected chi connectivity index (χ0v) is 12.4. The summed E-state index contributed by atoms with van der Waals surface area (Å²) in [5.74, 6) is 0.241. The van der Waals surface area contributed by atoms with Gasteiger partial charge in [0.2, 0.25) is 5.91 Å². The summed E-state index contributed by atoms with van der Waals surface area (Å²) in [7, 11) is 0. The monoisotopic (exact) mass is 291 g/mol. The fourth-order valence-corrected chi connectivity index (χ4v) is 2.60. The van der Waals surface area contributed by atoms with Crippen LogP contribution < -0.4 is 5.32 Å². The van der Waals surface area contributed by atoms with Gasteiger partial charge in [-0.25, -0.2) is 0 Å². The van der Waals surface area contributed by atoms with Gasteiger partial charge in [0.25, 0.3) is 0 Å². The Kier molecular flexibility index (Phi) is 4.51. The molecule has 1 heterocycles. The number of likely N-dealkylation sites (tertiary alicyclic amines) is 1. The highest BCUT2D eigenvalue weighted by molar-refractivity contribution is 6.32. The van der Waals surface area contributed by atoms with Gasteiger partial charge in [0.05, 0.1) is 10.6 Å². The molecule has 1 aromatic carbocycles. The number of amides is 1. The number of benzene rings is 1. The van der Waals surface area contributed by atoms with Gasteiger partial charge in [-0.2, -0.15) is 5.26 Å². The molecular weight excluding hydrogens is 274 g/mol. The molecule has 0 aliphatic carbocycles. The van der Waals surface area contributed by atoms with E-state index in [1.165, 1.54) is 0 Å². The Hall–Kier alpha value is -1.73. The lowest BCUT2D eigenvalue weighted by molar-refractivity contribution is -0.133. The predicted octanol–water partition coefficient (Wildman–Crippen LogP) is 2.88. The Morgan fingerprint density at radius 3 is 2.90 bits per heavy atom. The summed E-state index contributed by atoms with van der Waals surface area (Å²) in [6.07, 6.45) is 0.927. The Morgan fingerprint density at radius 2 is 2.30 bits per heavy atom. The summed E-state index contributed by atoms with van der Waals surface area (Å²) in [5, 5.41) is 12.7. The van der Waals surface area contributed by atoms with Crippen LogP contribution in [0.5, 0.6) is 0 Å². The Labute approximate surface area is 124 Å². The molecule has 106 valence electrons. The van der Waals surface area contributed by atoms with E-state index in [2.05, 4.69) is 5.32 Å². The van der Waals surface area contributed by atoms with Gasteiger partial charge in [-0.1, -0.05) is 25.4 Å². The first-order valence-electron chi connectivity index (χ1n) is 6.76. The van der Waals surface area contributed by atoms with E-state index in [9.17, 15) is 4.79 Å². The molecule has 5 heteroatoms. The highest BCUT2D eigenvalue weighted by atomic mass is 35.5. The van der Waals surface area contributed by atoms with Crippen molar-refractivity contribution in [2.75, 3.05) is 18.4 Å². The molecule has 0 spiro atoms. The van der Waals surface area contributed by atoms with Gasteiger partial charge in [0.15, 0.2) is 0 Å². The van der Waals surface area contributed by atoms with Gasteiger partial charge in [-0.15, -0.1) is 0 Å². The molecule has 1 fully saturated rings. The quantitative estimate of drug-likeness (QED) is 0.931. The summed E-state index contributed by atoms with van der Waals surface area (Å²) in [5.41, 5.74) is 1.36. The second kappa shape index (κ2) is 6.15. The molecule has 1 aliphatic heterocycles. The van der Waals surface area contributed by atoms with Crippen molar-refractivity contribution in [3.8, 4) is 6.07 Å². The van der Waals surface area contributed by atoms with Gasteiger partial charge >= 0.3 is 0 Å². The average molecular weight is 292 g/mol. The molecule has 0 radical (unpaired) electrons. The molecule has 20 heavy (non-hydrogen) atoms. The van der Waals surface area contributed by atoms with E-state index < -0.39 is 0 Å². The van der Waals surface area contributed by atoms with Crippen LogP contribution in [0.1, 0.15) is 25.8 Å². The third-order valence-electron chi connectivity index (χ3n) is 3.45. The first kappa shape index (κ1) is 14.7. The zero-order valence-electron chi connectivity index (χ0n) is 11.7. The van der Waals surface area contributed by atoms with Gasteiger partial charge in [0.1, 0.15) is 6.07 Å². The van der Waals surface area contributed by atoms with Crippen molar-refractivity contribution in [3.63, 3.8) is 0 Å². The Balaban J connectivity index is 1.97. The molecule has 1 N–H and O–H groups in total. The van der Waals surface area contributed by atoms with Crippen LogP contribution in [0.2, 0.25) is 5.02 Å². The number of nitrogens with zero attached hydrogens (tertiary/aromatic N) is 2. The van der Waals surface area contributed by atoms with Crippen LogP contribution in [0.3, 0.4) is 0 Å². The normalized spacial score (nSPS) is 18.1. The smallest absolute Gasteiger partial charge is 0.225 e. The van der Waals surface area contributed by atoms with Crippen molar-refractivity contribution >= 4 is 23.2 Å². The van der Waals surface area contributed by atoms with E-state index in [0.29, 0.717) is 17.1 Å². The zero-order chi connectivity index (χ0) is 14.7. The molecule has 0 saturated carbocycles. The number of rotatable bonds is 3. The van der Waals surface area contributed by atoms with E-state index in [0.717, 1.165) is 18.7 Å². The van der Waals surface area contributed by atoms with Crippen LogP contribution in [-0.4, -0.2) is 29.9 Å². The van der Waals surface area contributed by atoms with Gasteiger partial charge in [-0.05, 0) is 24.6 Å². The summed E-state index contributed by atoms with van der Waals surface area (Å²) >= 11 is 6.01. The van der Waals surface area contributed by atoms with E-state index in [-0.39, 0.29) is 17.9 Å². The van der Waals surface area contributed by atoms with Crippen LogP contribution in [0.25, 0.3) is 0 Å². The van der Waals surface area contributed by atoms with Crippen LogP contribution >= 0.6 is 11.6 Å². The maximum atomic E-state index is 11.9. The third kappa shape index (κ3) is 3.23. The van der Waals surface area contributed by atoms with Gasteiger partial charge in [0, 0.05) is 30.7 Å². The van der Waals surface area contributed by atoms with Gasteiger partial charge in [-0.3, -0.25) is 4.79 Å². The fourth-order valence-electron chi connectivity index (χ4n) is 2.37. The number of carbonyl (C=O) groups excluding carboxylic acids is 1. The average Bonchev–Trinajstić information content (AvgIpc) is 2.86. The van der Waals surface area contributed by atoms with E-state index in [1.807, 2.05) is 30.9 Å². The highest BCUT2D eigenvalue weighted by Gasteiger charge is 2.27. The number of hydrogen-bond acceptors (Lipinski definition) is 3. The van der Waals surface area contributed by atoms with Crippen LogP contribution in [0, 0.1) is 17.2 Å². The van der Waals surface area contributed by atoms with Crippen molar-refractivity contribution < 1.29 is 4.79 Å². The number of anilines is 1. The number of halogens is 1. The molecule has 1 saturated heterocycles. The van der Waals surface area contributed by atoms with Crippen molar-refractivity contribution in [2.24, 2.45) is 5.92 Å². The molecule has 0 bridgehead atoms. The summed E-state index contributed by atoms with van der Waals surface area (Å²) in [6, 6.07) is 7.58. The van der Waals surface area contributed by atoms with Crippen molar-refractivity contribution in [1.29, 1.82) is 5.26 Å². The molecule has 1 unspecified atom stereocenters. The van der Waals surface area contributed by atoms with E-state index in [4.69, 9.17) is 16.9 Å². The Bertz CT molecular complexity index is 551. The molecule has 4 nitrogen and oxygen atoms in total. The summed E-state index contributed by atoms with van der Waals surface area (Å²) in [4.78, 5) is 13.8. The molecule has 2 rings (SSSR count). The largest absolute Gasteiger partial charge is 0.380 e. The van der Waals surface area contributed by atoms with Crippen LogP contribution in [0.4, 0.5) is 5.69 Å². The lowest BCUT2D eigenvalue weighted by atomic mass is 10.2. The second-order valence-electron chi connectivity index (χ2n) is 5.38. The molecule has 1 atom stereocenters. The fraction of sp³-hybridized carbons (Fsp3) is 0.467. The van der Waals surface area contributed by atoms with Gasteiger partial charge < -0.3 is 10.2 Å². The number of nitriles is 1. The van der Waals surface area contributed by atoms with Crippen LogP contribution in [-0.2, 0) is 4.79 Å². The van der Waals surface area contributed by atoms with Crippen molar-refractivity contribution in [1.82, 2.24) is 4.90 Å². The first-order valence-corrected chi connectivity index (χ1v) is 7.14. The van der Waals surface area contributed by atoms with Crippen molar-refractivity contribution in [3.05, 3.63) is 28.8 Å². The number of hydrogen-bond donors (Lipinski definition) is 1. The lowest BCUT2D eigenvalue weighted by Gasteiger charge is -2.19. The molecule has 0 aromatic heterocycles. The number of carbonyl (C=O) groups is 1. The topological polar surface area (TPSA) is 56.1 Å². The molecule has 1 amide bonds. The van der Waals surface area contributed by atoms with Crippen molar-refractivity contribution in [2.45, 2.75) is 26.3 Å². The van der Waals surface area contributed by atoms with E-state index >= 15 is 0 Å². The van der Waals surface area contributed by atoms with Crippen LogP contribution in [0.15, 0.2) is 18.2 Å². The minimum atomic E-state index is 0.0399. The highest BCUT2D eigenvalue weighted by Crippen LogP contribution is 2.23. The molecule has 1 aromatic rings. The minimum Gasteiger partial charge on any atom is -0.380 e.